The summed E-state index contributed by atoms with van der Waals surface area (Å²) in [5, 5.41) is 4.05. The fourth-order valence-corrected chi connectivity index (χ4v) is 5.07. The number of rotatable bonds is 10. The summed E-state index contributed by atoms with van der Waals surface area (Å²) in [5.41, 5.74) is 1.57. The van der Waals surface area contributed by atoms with Crippen molar-refractivity contribution in [2.75, 3.05) is 22.9 Å². The van der Waals surface area contributed by atoms with Gasteiger partial charge in [-0.05, 0) is 48.4 Å². The highest BCUT2D eigenvalue weighted by atomic mass is 35.5. The Labute approximate surface area is 186 Å². The highest BCUT2D eigenvalue weighted by molar-refractivity contribution is 7.98. The zero-order chi connectivity index (χ0) is 21.4. The van der Waals surface area contributed by atoms with E-state index >= 15 is 0 Å². The Hall–Kier alpha value is -1.41. The van der Waals surface area contributed by atoms with Crippen LogP contribution in [0.25, 0.3) is 0 Å². The average molecular weight is 475 g/mol. The molecule has 0 saturated heterocycles. The van der Waals surface area contributed by atoms with E-state index in [4.69, 9.17) is 23.2 Å². The van der Waals surface area contributed by atoms with Crippen LogP contribution in [0.3, 0.4) is 0 Å². The van der Waals surface area contributed by atoms with Crippen LogP contribution in [0.5, 0.6) is 0 Å². The largest absolute Gasteiger partial charge is 0.353 e. The molecular formula is C20H24Cl2N2O3S2. The minimum absolute atomic E-state index is 0.319. The highest BCUT2D eigenvalue weighted by Gasteiger charge is 2.31. The summed E-state index contributed by atoms with van der Waals surface area (Å²) in [6.45, 7) is 2.24. The molecule has 2 aromatic rings. The Morgan fingerprint density at radius 2 is 1.62 bits per heavy atom. The number of halogens is 2. The first kappa shape index (κ1) is 23.9. The maximum Gasteiger partial charge on any atom is 0.243 e. The monoisotopic (exact) mass is 474 g/mol. The predicted molar refractivity (Wildman–Crippen MR) is 123 cm³/mol. The standard InChI is InChI=1S/C20H24Cl2N2O3S2/c1-3-19(24(29(2,26)27)18-10-8-17(22)9-11-18)20(25)23-12-13-28-14-15-4-6-16(21)7-5-15/h4-11,19H,3,12-14H2,1-2H3,(H,23,25)/t19-/m0/s1. The van der Waals surface area contributed by atoms with Crippen LogP contribution in [0, 0.1) is 0 Å². The van der Waals surface area contributed by atoms with Crippen molar-refractivity contribution in [1.29, 1.82) is 0 Å². The van der Waals surface area contributed by atoms with Gasteiger partial charge in [0.15, 0.2) is 0 Å². The number of anilines is 1. The van der Waals surface area contributed by atoms with E-state index in [0.29, 0.717) is 34.5 Å². The van der Waals surface area contributed by atoms with E-state index in [1.165, 1.54) is 0 Å². The number of benzene rings is 2. The molecule has 2 aromatic carbocycles. The lowest BCUT2D eigenvalue weighted by Gasteiger charge is -2.30. The Bertz CT molecular complexity index is 904. The first-order valence-electron chi connectivity index (χ1n) is 9.07. The molecule has 5 nitrogen and oxygen atoms in total. The second kappa shape index (κ2) is 11.1. The molecule has 1 atom stereocenters. The molecule has 29 heavy (non-hydrogen) atoms. The third-order valence-electron chi connectivity index (χ3n) is 4.14. The number of nitrogens with one attached hydrogen (secondary N) is 1. The van der Waals surface area contributed by atoms with Crippen LogP contribution >= 0.6 is 35.0 Å². The molecule has 0 unspecified atom stereocenters. The normalized spacial score (nSPS) is 12.4. The van der Waals surface area contributed by atoms with Crippen molar-refractivity contribution in [2.24, 2.45) is 0 Å². The molecule has 0 aliphatic rings. The molecule has 0 fully saturated rings. The average Bonchev–Trinajstić information content (AvgIpc) is 2.67. The first-order chi connectivity index (χ1) is 13.7. The minimum atomic E-state index is -3.65. The molecule has 9 heteroatoms. The van der Waals surface area contributed by atoms with Gasteiger partial charge >= 0.3 is 0 Å². The van der Waals surface area contributed by atoms with E-state index in [2.05, 4.69) is 5.32 Å². The van der Waals surface area contributed by atoms with Gasteiger partial charge in [0.05, 0.1) is 11.9 Å². The van der Waals surface area contributed by atoms with Gasteiger partial charge in [0.25, 0.3) is 0 Å². The molecule has 0 radical (unpaired) electrons. The molecule has 1 N–H and O–H groups in total. The van der Waals surface area contributed by atoms with Gasteiger partial charge in [-0.25, -0.2) is 8.42 Å². The molecule has 0 aliphatic heterocycles. The summed E-state index contributed by atoms with van der Waals surface area (Å²) in [7, 11) is -3.65. The topological polar surface area (TPSA) is 66.5 Å². The number of carbonyl (C=O) groups excluding carboxylic acids is 1. The van der Waals surface area contributed by atoms with Crippen LogP contribution in [0.1, 0.15) is 18.9 Å². The molecule has 0 spiro atoms. The van der Waals surface area contributed by atoms with Crippen molar-refractivity contribution in [2.45, 2.75) is 25.1 Å². The number of hydrogen-bond acceptors (Lipinski definition) is 4. The number of thioether (sulfide) groups is 1. The molecule has 2 rings (SSSR count). The van der Waals surface area contributed by atoms with Crippen LogP contribution < -0.4 is 9.62 Å². The fraction of sp³-hybridized carbons (Fsp3) is 0.350. The summed E-state index contributed by atoms with van der Waals surface area (Å²) < 4.78 is 25.9. The van der Waals surface area contributed by atoms with Gasteiger partial charge in [0.2, 0.25) is 15.9 Å². The van der Waals surface area contributed by atoms with Gasteiger partial charge in [0.1, 0.15) is 6.04 Å². The summed E-state index contributed by atoms with van der Waals surface area (Å²) in [5.74, 6) is 1.20. The maximum absolute atomic E-state index is 12.7. The zero-order valence-electron chi connectivity index (χ0n) is 16.3. The van der Waals surface area contributed by atoms with Gasteiger partial charge < -0.3 is 5.32 Å². The lowest BCUT2D eigenvalue weighted by atomic mass is 10.2. The van der Waals surface area contributed by atoms with E-state index in [-0.39, 0.29) is 5.91 Å². The van der Waals surface area contributed by atoms with Crippen LogP contribution in [-0.2, 0) is 20.6 Å². The van der Waals surface area contributed by atoms with Crippen LogP contribution in [-0.4, -0.2) is 38.9 Å². The summed E-state index contributed by atoms with van der Waals surface area (Å²) in [6.07, 6.45) is 1.44. The molecule has 0 saturated carbocycles. The van der Waals surface area contributed by atoms with Gasteiger partial charge in [-0.15, -0.1) is 0 Å². The lowest BCUT2D eigenvalue weighted by Crippen LogP contribution is -2.49. The first-order valence-corrected chi connectivity index (χ1v) is 12.8. The molecule has 0 heterocycles. The van der Waals surface area contributed by atoms with E-state index < -0.39 is 16.1 Å². The zero-order valence-corrected chi connectivity index (χ0v) is 19.4. The quantitative estimate of drug-likeness (QED) is 0.511. The maximum atomic E-state index is 12.7. The van der Waals surface area contributed by atoms with E-state index in [9.17, 15) is 13.2 Å². The molecular weight excluding hydrogens is 451 g/mol. The van der Waals surface area contributed by atoms with E-state index in [0.717, 1.165) is 21.9 Å². The predicted octanol–water partition coefficient (Wildman–Crippen LogP) is 4.59. The molecule has 0 bridgehead atoms. The SMILES string of the molecule is CC[C@@H](C(=O)NCCSCc1ccc(Cl)cc1)N(c1ccc(Cl)cc1)S(C)(=O)=O. The van der Waals surface area contributed by atoms with Crippen molar-refractivity contribution in [3.8, 4) is 0 Å². The summed E-state index contributed by atoms with van der Waals surface area (Å²) >= 11 is 13.5. The second-order valence-electron chi connectivity index (χ2n) is 6.43. The van der Waals surface area contributed by atoms with Gasteiger partial charge in [-0.3, -0.25) is 9.10 Å². The van der Waals surface area contributed by atoms with E-state index in [1.54, 1.807) is 43.0 Å². The van der Waals surface area contributed by atoms with Gasteiger partial charge in [0, 0.05) is 28.1 Å². The molecule has 1 amide bonds. The van der Waals surface area contributed by atoms with Crippen molar-refractivity contribution < 1.29 is 13.2 Å². The minimum Gasteiger partial charge on any atom is -0.353 e. The third-order valence-corrected chi connectivity index (χ3v) is 6.85. The smallest absolute Gasteiger partial charge is 0.243 e. The number of carbonyl (C=O) groups is 1. The highest BCUT2D eigenvalue weighted by Crippen LogP contribution is 2.24. The molecule has 0 aliphatic carbocycles. The Kier molecular flexibility index (Phi) is 9.14. The number of hydrogen-bond donors (Lipinski definition) is 1. The lowest BCUT2D eigenvalue weighted by molar-refractivity contribution is -0.122. The second-order valence-corrected chi connectivity index (χ2v) is 10.3. The molecule has 158 valence electrons. The van der Waals surface area contributed by atoms with Crippen molar-refractivity contribution in [1.82, 2.24) is 5.32 Å². The van der Waals surface area contributed by atoms with Crippen molar-refractivity contribution in [3.05, 3.63) is 64.1 Å². The van der Waals surface area contributed by atoms with E-state index in [1.807, 2.05) is 24.3 Å². The number of amides is 1. The summed E-state index contributed by atoms with van der Waals surface area (Å²) in [6, 6.07) is 13.2. The fourth-order valence-electron chi connectivity index (χ4n) is 2.78. The Balaban J connectivity index is 1.94. The molecule has 0 aromatic heterocycles. The third kappa shape index (κ3) is 7.41. The van der Waals surface area contributed by atoms with Crippen molar-refractivity contribution in [3.63, 3.8) is 0 Å². The van der Waals surface area contributed by atoms with Gasteiger partial charge in [-0.1, -0.05) is 42.3 Å². The Morgan fingerprint density at radius 1 is 1.07 bits per heavy atom. The number of sulfonamides is 1. The Morgan fingerprint density at radius 3 is 2.14 bits per heavy atom. The van der Waals surface area contributed by atoms with Crippen LogP contribution in [0.2, 0.25) is 10.0 Å². The van der Waals surface area contributed by atoms with Crippen LogP contribution in [0.15, 0.2) is 48.5 Å². The van der Waals surface area contributed by atoms with Gasteiger partial charge in [-0.2, -0.15) is 11.8 Å². The summed E-state index contributed by atoms with van der Waals surface area (Å²) in [4.78, 5) is 12.7. The number of nitrogens with zero attached hydrogens (tertiary/aromatic N) is 1. The van der Waals surface area contributed by atoms with Crippen molar-refractivity contribution >= 4 is 56.6 Å². The van der Waals surface area contributed by atoms with Crippen LogP contribution in [0.4, 0.5) is 5.69 Å².